The molecule has 2 heterocycles. The van der Waals surface area contributed by atoms with Crippen molar-refractivity contribution >= 4 is 11.3 Å². The summed E-state index contributed by atoms with van der Waals surface area (Å²) in [5, 5.41) is 14.9. The van der Waals surface area contributed by atoms with Gasteiger partial charge in [-0.1, -0.05) is 34.5 Å². The van der Waals surface area contributed by atoms with Gasteiger partial charge in [0, 0.05) is 6.42 Å². The van der Waals surface area contributed by atoms with E-state index in [1.807, 2.05) is 5.38 Å². The van der Waals surface area contributed by atoms with Gasteiger partial charge >= 0.3 is 0 Å². The van der Waals surface area contributed by atoms with Crippen molar-refractivity contribution in [3.63, 3.8) is 0 Å². The van der Waals surface area contributed by atoms with Crippen molar-refractivity contribution in [3.8, 4) is 16.8 Å². The fourth-order valence-electron chi connectivity index (χ4n) is 2.33. The number of nitrogens with zero attached hydrogens (tertiary/aromatic N) is 3. The van der Waals surface area contributed by atoms with E-state index in [-0.39, 0.29) is 0 Å². The molecule has 0 bridgehead atoms. The molecule has 0 N–H and O–H groups in total. The Kier molecular flexibility index (Phi) is 3.55. The Morgan fingerprint density at radius 3 is 2.71 bits per heavy atom. The number of aryl methyl sites for hydroxylation is 2. The fourth-order valence-corrected chi connectivity index (χ4v) is 3.10. The maximum atomic E-state index is 9.04. The largest absolute Gasteiger partial charge is 0.333 e. The highest BCUT2D eigenvalue weighted by molar-refractivity contribution is 7.13. The molecule has 0 aliphatic carbocycles. The number of hydrogen-bond donors (Lipinski definition) is 0. The number of thiophene rings is 1. The molecule has 3 rings (SSSR count). The van der Waals surface area contributed by atoms with Gasteiger partial charge in [0.2, 0.25) is 0 Å². The van der Waals surface area contributed by atoms with Crippen molar-refractivity contribution in [1.82, 2.24) is 10.1 Å². The van der Waals surface area contributed by atoms with Crippen molar-refractivity contribution in [2.75, 3.05) is 0 Å². The van der Waals surface area contributed by atoms with Gasteiger partial charge in [-0.25, -0.2) is 0 Å². The van der Waals surface area contributed by atoms with Crippen LogP contribution in [0.2, 0.25) is 0 Å². The molecule has 0 unspecified atom stereocenters. The molecule has 21 heavy (non-hydrogen) atoms. The standard InChI is InChI=1S/C16H13N3OS/c1-10-5-11(2)7-12(6-10)8-14-18-16(20-19-14)15-13(9-17)3-4-21-15/h3-7H,8H2,1-2H3. The van der Waals surface area contributed by atoms with Crippen LogP contribution in [0.5, 0.6) is 0 Å². The van der Waals surface area contributed by atoms with E-state index < -0.39 is 0 Å². The first kappa shape index (κ1) is 13.5. The summed E-state index contributed by atoms with van der Waals surface area (Å²) in [6, 6.07) is 10.3. The Morgan fingerprint density at radius 2 is 2.00 bits per heavy atom. The molecule has 0 fully saturated rings. The van der Waals surface area contributed by atoms with Crippen molar-refractivity contribution in [2.24, 2.45) is 0 Å². The van der Waals surface area contributed by atoms with Crippen molar-refractivity contribution in [3.05, 3.63) is 57.7 Å². The zero-order valence-electron chi connectivity index (χ0n) is 11.8. The van der Waals surface area contributed by atoms with E-state index in [1.54, 1.807) is 6.07 Å². The van der Waals surface area contributed by atoms with Crippen LogP contribution in [0, 0.1) is 25.2 Å². The number of nitriles is 1. The minimum absolute atomic E-state index is 0.418. The Hall–Kier alpha value is -2.45. The van der Waals surface area contributed by atoms with E-state index in [4.69, 9.17) is 9.78 Å². The molecule has 0 radical (unpaired) electrons. The number of benzene rings is 1. The number of aromatic nitrogens is 2. The molecule has 0 saturated heterocycles. The third kappa shape index (κ3) is 2.86. The lowest BCUT2D eigenvalue weighted by atomic mass is 10.1. The molecule has 0 aliphatic rings. The van der Waals surface area contributed by atoms with Crippen molar-refractivity contribution < 1.29 is 4.52 Å². The minimum atomic E-state index is 0.418. The SMILES string of the molecule is Cc1cc(C)cc(Cc2noc(-c3sccc3C#N)n2)c1. The molecule has 0 aliphatic heterocycles. The monoisotopic (exact) mass is 295 g/mol. The van der Waals surface area contributed by atoms with Crippen LogP contribution in [0.25, 0.3) is 10.8 Å². The van der Waals surface area contributed by atoms with Crippen LogP contribution >= 0.6 is 11.3 Å². The van der Waals surface area contributed by atoms with Crippen LogP contribution in [-0.4, -0.2) is 10.1 Å². The highest BCUT2D eigenvalue weighted by atomic mass is 32.1. The summed E-state index contributed by atoms with van der Waals surface area (Å²) in [6.07, 6.45) is 0.624. The van der Waals surface area contributed by atoms with Crippen LogP contribution in [-0.2, 0) is 6.42 Å². The maximum absolute atomic E-state index is 9.04. The average molecular weight is 295 g/mol. The Morgan fingerprint density at radius 1 is 1.24 bits per heavy atom. The van der Waals surface area contributed by atoms with Gasteiger partial charge in [-0.3, -0.25) is 0 Å². The first-order valence-electron chi connectivity index (χ1n) is 6.53. The summed E-state index contributed by atoms with van der Waals surface area (Å²) in [5.74, 6) is 1.05. The van der Waals surface area contributed by atoms with Gasteiger partial charge in [0.25, 0.3) is 5.89 Å². The van der Waals surface area contributed by atoms with E-state index in [1.165, 1.54) is 22.5 Å². The first-order valence-corrected chi connectivity index (χ1v) is 7.41. The molecule has 0 saturated carbocycles. The third-order valence-electron chi connectivity index (χ3n) is 3.09. The Bertz CT molecular complexity index is 806. The highest BCUT2D eigenvalue weighted by Gasteiger charge is 2.14. The predicted molar refractivity (Wildman–Crippen MR) is 81.0 cm³/mol. The molecule has 3 aromatic rings. The third-order valence-corrected chi connectivity index (χ3v) is 3.99. The highest BCUT2D eigenvalue weighted by Crippen LogP contribution is 2.27. The van der Waals surface area contributed by atoms with Crippen LogP contribution in [0.3, 0.4) is 0 Å². The second-order valence-electron chi connectivity index (χ2n) is 4.96. The van der Waals surface area contributed by atoms with Gasteiger partial charge in [-0.05, 0) is 30.9 Å². The lowest BCUT2D eigenvalue weighted by molar-refractivity contribution is 0.424. The van der Waals surface area contributed by atoms with Crippen LogP contribution in [0.4, 0.5) is 0 Å². The molecular weight excluding hydrogens is 282 g/mol. The summed E-state index contributed by atoms with van der Waals surface area (Å²) in [7, 11) is 0. The molecule has 0 atom stereocenters. The average Bonchev–Trinajstić information content (AvgIpc) is 3.05. The molecule has 1 aromatic carbocycles. The summed E-state index contributed by atoms with van der Waals surface area (Å²) < 4.78 is 5.28. The predicted octanol–water partition coefficient (Wildman–Crippen LogP) is 3.88. The second kappa shape index (κ2) is 5.51. The van der Waals surface area contributed by atoms with Crippen molar-refractivity contribution in [1.29, 1.82) is 5.26 Å². The van der Waals surface area contributed by atoms with Crippen LogP contribution < -0.4 is 0 Å². The number of hydrogen-bond acceptors (Lipinski definition) is 5. The quantitative estimate of drug-likeness (QED) is 0.735. The lowest BCUT2D eigenvalue weighted by Crippen LogP contribution is -1.92. The molecule has 5 heteroatoms. The second-order valence-corrected chi connectivity index (χ2v) is 5.88. The summed E-state index contributed by atoms with van der Waals surface area (Å²) >= 11 is 1.43. The summed E-state index contributed by atoms with van der Waals surface area (Å²) in [6.45, 7) is 4.14. The maximum Gasteiger partial charge on any atom is 0.269 e. The minimum Gasteiger partial charge on any atom is -0.333 e. The molecular formula is C16H13N3OS. The molecule has 104 valence electrons. The Labute approximate surface area is 126 Å². The van der Waals surface area contributed by atoms with E-state index in [9.17, 15) is 0 Å². The topological polar surface area (TPSA) is 62.7 Å². The lowest BCUT2D eigenvalue weighted by Gasteiger charge is -2.01. The van der Waals surface area contributed by atoms with Gasteiger partial charge in [0.15, 0.2) is 5.82 Å². The molecule has 4 nitrogen and oxygen atoms in total. The van der Waals surface area contributed by atoms with Gasteiger partial charge in [0.05, 0.1) is 5.56 Å². The zero-order chi connectivity index (χ0) is 14.8. The van der Waals surface area contributed by atoms with E-state index >= 15 is 0 Å². The first-order chi connectivity index (χ1) is 10.2. The van der Waals surface area contributed by atoms with Crippen LogP contribution in [0.15, 0.2) is 34.2 Å². The normalized spacial score (nSPS) is 10.5. The number of rotatable bonds is 3. The summed E-state index contributed by atoms with van der Waals surface area (Å²) in [5.41, 5.74) is 4.17. The van der Waals surface area contributed by atoms with Gasteiger partial charge in [0.1, 0.15) is 10.9 Å². The van der Waals surface area contributed by atoms with Crippen LogP contribution in [0.1, 0.15) is 28.1 Å². The van der Waals surface area contributed by atoms with E-state index in [0.29, 0.717) is 23.7 Å². The zero-order valence-corrected chi connectivity index (χ0v) is 12.6. The molecule has 0 spiro atoms. The van der Waals surface area contributed by atoms with E-state index in [0.717, 1.165) is 10.4 Å². The fraction of sp³-hybridized carbons (Fsp3) is 0.188. The summed E-state index contributed by atoms with van der Waals surface area (Å²) in [4.78, 5) is 5.13. The molecule has 2 aromatic heterocycles. The van der Waals surface area contributed by atoms with Gasteiger partial charge in [-0.2, -0.15) is 10.2 Å². The van der Waals surface area contributed by atoms with Crippen molar-refractivity contribution in [2.45, 2.75) is 20.3 Å². The van der Waals surface area contributed by atoms with Gasteiger partial charge in [-0.15, -0.1) is 11.3 Å². The van der Waals surface area contributed by atoms with Gasteiger partial charge < -0.3 is 4.52 Å². The van der Waals surface area contributed by atoms with E-state index in [2.05, 4.69) is 48.3 Å². The Balaban J connectivity index is 1.87. The molecule has 0 amide bonds. The smallest absolute Gasteiger partial charge is 0.269 e.